The number of urea groups is 1. The van der Waals surface area contributed by atoms with Gasteiger partial charge in [0.15, 0.2) is 0 Å². The van der Waals surface area contributed by atoms with Crippen LogP contribution in [0, 0.1) is 0 Å². The van der Waals surface area contributed by atoms with E-state index >= 15 is 0 Å². The van der Waals surface area contributed by atoms with E-state index in [0.717, 1.165) is 23.4 Å². The highest BCUT2D eigenvalue weighted by atomic mass is 16.2. The fourth-order valence-corrected chi connectivity index (χ4v) is 2.50. The van der Waals surface area contributed by atoms with Crippen LogP contribution in [0.1, 0.15) is 11.1 Å². The van der Waals surface area contributed by atoms with E-state index in [4.69, 9.17) is 0 Å². The molecule has 86 valence electrons. The highest BCUT2D eigenvalue weighted by molar-refractivity contribution is 5.82. The van der Waals surface area contributed by atoms with Gasteiger partial charge in [0, 0.05) is 29.6 Å². The smallest absolute Gasteiger partial charge is 0.344 e. The molecule has 0 N–H and O–H groups in total. The average Bonchev–Trinajstić information content (AvgIpc) is 2.79. The Bertz CT molecular complexity index is 784. The minimum Gasteiger partial charge on any atom is -0.344 e. The summed E-state index contributed by atoms with van der Waals surface area (Å²) in [7, 11) is 0. The second-order valence-corrected chi connectivity index (χ2v) is 4.35. The first-order valence-corrected chi connectivity index (χ1v) is 5.79. The van der Waals surface area contributed by atoms with Gasteiger partial charge >= 0.3 is 6.03 Å². The van der Waals surface area contributed by atoms with E-state index in [1.165, 1.54) is 0 Å². The SMILES string of the molecule is O=C1N=c2ccc3c(c2=N1)C=CN1CC=CC=C31. The molecule has 3 aliphatic rings. The van der Waals surface area contributed by atoms with E-state index in [2.05, 4.69) is 33.1 Å². The van der Waals surface area contributed by atoms with Crippen molar-refractivity contribution < 1.29 is 4.79 Å². The molecular formula is C14H9N3O. The van der Waals surface area contributed by atoms with Crippen LogP contribution in [0.25, 0.3) is 11.8 Å². The molecule has 0 saturated carbocycles. The largest absolute Gasteiger partial charge is 0.368 e. The van der Waals surface area contributed by atoms with Crippen molar-refractivity contribution >= 4 is 17.8 Å². The van der Waals surface area contributed by atoms with Crippen LogP contribution in [0.2, 0.25) is 0 Å². The summed E-state index contributed by atoms with van der Waals surface area (Å²) >= 11 is 0. The molecule has 0 atom stereocenters. The van der Waals surface area contributed by atoms with E-state index in [9.17, 15) is 4.79 Å². The van der Waals surface area contributed by atoms with Gasteiger partial charge in [-0.1, -0.05) is 12.2 Å². The lowest BCUT2D eigenvalue weighted by molar-refractivity contribution is 0.256. The molecule has 4 rings (SSSR count). The van der Waals surface area contributed by atoms with Gasteiger partial charge in [0.2, 0.25) is 0 Å². The van der Waals surface area contributed by atoms with E-state index in [-0.39, 0.29) is 0 Å². The van der Waals surface area contributed by atoms with Gasteiger partial charge in [-0.15, -0.1) is 0 Å². The highest BCUT2D eigenvalue weighted by Gasteiger charge is 2.20. The van der Waals surface area contributed by atoms with Gasteiger partial charge in [0.1, 0.15) is 5.36 Å². The predicted molar refractivity (Wildman–Crippen MR) is 67.0 cm³/mol. The maximum atomic E-state index is 11.3. The first-order valence-electron chi connectivity index (χ1n) is 5.79. The molecular weight excluding hydrogens is 226 g/mol. The summed E-state index contributed by atoms with van der Waals surface area (Å²) in [5, 5.41) is 1.37. The molecule has 4 nitrogen and oxygen atoms in total. The monoisotopic (exact) mass is 235 g/mol. The Kier molecular flexibility index (Phi) is 1.73. The average molecular weight is 235 g/mol. The number of rotatable bonds is 0. The molecule has 0 aromatic heterocycles. The first kappa shape index (κ1) is 9.53. The van der Waals surface area contributed by atoms with Crippen molar-refractivity contribution in [3.05, 3.63) is 58.4 Å². The fourth-order valence-electron chi connectivity index (χ4n) is 2.50. The standard InChI is InChI=1S/C14H9N3O/c18-14-15-11-5-4-9-10(13(11)16-14)6-8-17-7-2-1-3-12(9)17/h1-6,8H,7H2. The molecule has 0 unspecified atom stereocenters. The number of hydrogen-bond donors (Lipinski definition) is 0. The third-order valence-corrected chi connectivity index (χ3v) is 3.32. The van der Waals surface area contributed by atoms with Crippen molar-refractivity contribution in [3.8, 4) is 0 Å². The van der Waals surface area contributed by atoms with Crippen molar-refractivity contribution in [2.75, 3.05) is 6.54 Å². The number of allylic oxidation sites excluding steroid dienone is 2. The zero-order valence-electron chi connectivity index (χ0n) is 9.50. The number of benzene rings is 1. The fraction of sp³-hybridized carbons (Fsp3) is 0.0714. The van der Waals surface area contributed by atoms with Gasteiger partial charge in [-0.3, -0.25) is 0 Å². The van der Waals surface area contributed by atoms with E-state index < -0.39 is 6.03 Å². The van der Waals surface area contributed by atoms with Gasteiger partial charge in [-0.2, -0.15) is 9.98 Å². The molecule has 0 saturated heterocycles. The van der Waals surface area contributed by atoms with E-state index in [1.54, 1.807) is 0 Å². The Morgan fingerprint density at radius 2 is 2.17 bits per heavy atom. The normalized spacial score (nSPS) is 18.6. The molecule has 3 aliphatic heterocycles. The topological polar surface area (TPSA) is 45.0 Å². The second kappa shape index (κ2) is 3.26. The van der Waals surface area contributed by atoms with Crippen LogP contribution in [0.5, 0.6) is 0 Å². The van der Waals surface area contributed by atoms with Crippen molar-refractivity contribution in [2.45, 2.75) is 0 Å². The van der Waals surface area contributed by atoms with Crippen LogP contribution in [-0.2, 0) is 0 Å². The number of nitrogens with zero attached hydrogens (tertiary/aromatic N) is 3. The maximum Gasteiger partial charge on any atom is 0.368 e. The van der Waals surface area contributed by atoms with Gasteiger partial charge < -0.3 is 4.90 Å². The summed E-state index contributed by atoms with van der Waals surface area (Å²) in [5.41, 5.74) is 3.24. The van der Waals surface area contributed by atoms with Gasteiger partial charge in [0.05, 0.1) is 5.36 Å². The second-order valence-electron chi connectivity index (χ2n) is 4.35. The minimum atomic E-state index is -0.410. The zero-order chi connectivity index (χ0) is 12.1. The third kappa shape index (κ3) is 1.17. The molecule has 0 fully saturated rings. The molecule has 1 aromatic carbocycles. The summed E-state index contributed by atoms with van der Waals surface area (Å²) < 4.78 is 0. The van der Waals surface area contributed by atoms with Crippen LogP contribution in [0.15, 0.2) is 46.5 Å². The van der Waals surface area contributed by atoms with Crippen molar-refractivity contribution in [2.24, 2.45) is 9.98 Å². The number of fused-ring (bicyclic) bond motifs is 5. The summed E-state index contributed by atoms with van der Waals surface area (Å²) in [6.07, 6.45) is 10.3. The molecule has 0 spiro atoms. The van der Waals surface area contributed by atoms with Crippen molar-refractivity contribution in [3.63, 3.8) is 0 Å². The lowest BCUT2D eigenvalue weighted by atomic mass is 9.98. The minimum absolute atomic E-state index is 0.410. The summed E-state index contributed by atoms with van der Waals surface area (Å²) in [6, 6.07) is 3.46. The third-order valence-electron chi connectivity index (χ3n) is 3.32. The summed E-state index contributed by atoms with van der Waals surface area (Å²) in [4.78, 5) is 21.3. The Balaban J connectivity index is 2.08. The molecule has 3 heterocycles. The van der Waals surface area contributed by atoms with Crippen molar-refractivity contribution in [1.82, 2.24) is 4.90 Å². The van der Waals surface area contributed by atoms with Crippen LogP contribution in [0.4, 0.5) is 4.79 Å². The highest BCUT2D eigenvalue weighted by Crippen LogP contribution is 2.28. The number of carbonyl (C=O) groups is 1. The molecule has 2 amide bonds. The van der Waals surface area contributed by atoms with Gasteiger partial charge in [-0.05, 0) is 24.3 Å². The van der Waals surface area contributed by atoms with Crippen LogP contribution < -0.4 is 10.7 Å². The lowest BCUT2D eigenvalue weighted by Crippen LogP contribution is -2.30. The van der Waals surface area contributed by atoms with Gasteiger partial charge in [-0.25, -0.2) is 4.79 Å². The summed E-state index contributed by atoms with van der Waals surface area (Å²) in [5.74, 6) is 0. The molecule has 4 heteroatoms. The molecule has 0 aliphatic carbocycles. The Labute approximate surface area is 103 Å². The van der Waals surface area contributed by atoms with Crippen molar-refractivity contribution in [1.29, 1.82) is 0 Å². The summed E-state index contributed by atoms with van der Waals surface area (Å²) in [6.45, 7) is 0.874. The Hall–Kier alpha value is -2.49. The van der Waals surface area contributed by atoms with Crippen LogP contribution >= 0.6 is 0 Å². The lowest BCUT2D eigenvalue weighted by Gasteiger charge is -2.29. The molecule has 18 heavy (non-hydrogen) atoms. The first-order chi connectivity index (χ1) is 8.83. The van der Waals surface area contributed by atoms with Crippen LogP contribution in [-0.4, -0.2) is 17.5 Å². The van der Waals surface area contributed by atoms with Crippen LogP contribution in [0.3, 0.4) is 0 Å². The number of carbonyl (C=O) groups excluding carboxylic acids is 1. The Morgan fingerprint density at radius 3 is 3.11 bits per heavy atom. The number of hydrogen-bond acceptors (Lipinski definition) is 2. The maximum absolute atomic E-state index is 11.3. The number of amides is 2. The zero-order valence-corrected chi connectivity index (χ0v) is 9.50. The van der Waals surface area contributed by atoms with E-state index in [1.807, 2.05) is 24.4 Å². The van der Waals surface area contributed by atoms with Gasteiger partial charge in [0.25, 0.3) is 0 Å². The molecule has 1 aromatic rings. The predicted octanol–water partition coefficient (Wildman–Crippen LogP) is 1.26. The molecule has 0 bridgehead atoms. The van der Waals surface area contributed by atoms with E-state index in [0.29, 0.717) is 10.7 Å². The Morgan fingerprint density at radius 1 is 1.22 bits per heavy atom. The molecule has 0 radical (unpaired) electrons. The quantitative estimate of drug-likeness (QED) is 0.679.